The molecule has 0 saturated carbocycles. The van der Waals surface area contributed by atoms with Crippen molar-refractivity contribution in [3.8, 4) is 0 Å². The molecular weight excluding hydrogens is 346 g/mol. The highest BCUT2D eigenvalue weighted by Gasteiger charge is 2.39. The molecule has 2 aromatic rings. The van der Waals surface area contributed by atoms with E-state index in [0.29, 0.717) is 30.4 Å². The maximum absolute atomic E-state index is 13.1. The molecule has 1 aromatic carbocycles. The average Bonchev–Trinajstić information content (AvgIpc) is 2.79. The second-order valence-electron chi connectivity index (χ2n) is 6.49. The number of fused-ring (bicyclic) bond motifs is 1. The SMILES string of the molecule is C[C@@H]1[C@H](C(=O)O)CCCN1S(=O)(=O)c1ccc2c(c1)n(C)c(=O)n2C. The van der Waals surface area contributed by atoms with Crippen LogP contribution < -0.4 is 5.69 Å². The molecule has 2 heterocycles. The lowest BCUT2D eigenvalue weighted by molar-refractivity contribution is -0.144. The van der Waals surface area contributed by atoms with Crippen molar-refractivity contribution in [1.82, 2.24) is 13.4 Å². The molecule has 1 N–H and O–H groups in total. The molecule has 0 aliphatic carbocycles. The minimum atomic E-state index is -3.84. The number of aliphatic carboxylic acids is 1. The number of aromatic nitrogens is 2. The van der Waals surface area contributed by atoms with Crippen LogP contribution in [0.5, 0.6) is 0 Å². The van der Waals surface area contributed by atoms with E-state index in [-0.39, 0.29) is 10.6 Å². The largest absolute Gasteiger partial charge is 0.481 e. The Bertz CT molecular complexity index is 1000. The Morgan fingerprint density at radius 2 is 1.84 bits per heavy atom. The Morgan fingerprint density at radius 3 is 2.48 bits per heavy atom. The Labute approximate surface area is 145 Å². The molecule has 0 radical (unpaired) electrons. The summed E-state index contributed by atoms with van der Waals surface area (Å²) in [6.07, 6.45) is 0.974. The molecule has 0 unspecified atom stereocenters. The lowest BCUT2D eigenvalue weighted by Crippen LogP contribution is -2.48. The first kappa shape index (κ1) is 17.7. The third-order valence-corrected chi connectivity index (χ3v) is 7.08. The zero-order valence-electron chi connectivity index (χ0n) is 14.3. The molecule has 0 amide bonds. The van der Waals surface area contributed by atoms with E-state index < -0.39 is 28.0 Å². The minimum Gasteiger partial charge on any atom is -0.481 e. The van der Waals surface area contributed by atoms with Gasteiger partial charge in [-0.3, -0.25) is 13.9 Å². The van der Waals surface area contributed by atoms with E-state index in [1.54, 1.807) is 27.1 Å². The number of aryl methyl sites for hydroxylation is 2. The van der Waals surface area contributed by atoms with Crippen LogP contribution in [0.3, 0.4) is 0 Å². The fraction of sp³-hybridized carbons (Fsp3) is 0.500. The van der Waals surface area contributed by atoms with Crippen molar-refractivity contribution < 1.29 is 18.3 Å². The fourth-order valence-corrected chi connectivity index (χ4v) is 5.29. The number of imidazole rings is 1. The van der Waals surface area contributed by atoms with E-state index in [9.17, 15) is 23.1 Å². The van der Waals surface area contributed by atoms with Gasteiger partial charge in [0.15, 0.2) is 0 Å². The highest BCUT2D eigenvalue weighted by atomic mass is 32.2. The number of carboxylic acid groups (broad SMARTS) is 1. The van der Waals surface area contributed by atoms with Crippen LogP contribution in [0.4, 0.5) is 0 Å². The maximum atomic E-state index is 13.1. The Hall–Kier alpha value is -2.13. The summed E-state index contributed by atoms with van der Waals surface area (Å²) in [6, 6.07) is 3.93. The van der Waals surface area contributed by atoms with Gasteiger partial charge in [-0.1, -0.05) is 0 Å². The highest BCUT2D eigenvalue weighted by Crippen LogP contribution is 2.30. The van der Waals surface area contributed by atoms with Gasteiger partial charge in [0.1, 0.15) is 0 Å². The molecule has 0 bridgehead atoms. The van der Waals surface area contributed by atoms with E-state index in [1.807, 2.05) is 0 Å². The number of sulfonamides is 1. The number of hydrogen-bond acceptors (Lipinski definition) is 4. The van der Waals surface area contributed by atoms with Crippen molar-refractivity contribution in [1.29, 1.82) is 0 Å². The Kier molecular flexibility index (Phi) is 4.24. The third kappa shape index (κ3) is 2.67. The van der Waals surface area contributed by atoms with Gasteiger partial charge in [-0.15, -0.1) is 0 Å². The predicted molar refractivity (Wildman–Crippen MR) is 91.9 cm³/mol. The van der Waals surface area contributed by atoms with Crippen molar-refractivity contribution in [2.24, 2.45) is 20.0 Å². The quantitative estimate of drug-likeness (QED) is 0.863. The minimum absolute atomic E-state index is 0.0686. The highest BCUT2D eigenvalue weighted by molar-refractivity contribution is 7.89. The van der Waals surface area contributed by atoms with Gasteiger partial charge in [-0.05, 0) is 38.0 Å². The first-order valence-electron chi connectivity index (χ1n) is 8.06. The standard InChI is InChI=1S/C16H21N3O5S/c1-10-12(15(20)21)5-4-8-19(10)25(23,24)11-6-7-13-14(9-11)18(3)16(22)17(13)2/h6-7,9-10,12H,4-5,8H2,1-3H3,(H,20,21)/t10-,12-/m1/s1. The smallest absolute Gasteiger partial charge is 0.328 e. The molecule has 8 nitrogen and oxygen atoms in total. The molecule has 2 atom stereocenters. The van der Waals surface area contributed by atoms with E-state index in [1.165, 1.54) is 25.6 Å². The summed E-state index contributed by atoms with van der Waals surface area (Å²) in [5.41, 5.74) is 0.927. The second kappa shape index (κ2) is 5.99. The van der Waals surface area contributed by atoms with Gasteiger partial charge >= 0.3 is 11.7 Å². The van der Waals surface area contributed by atoms with Crippen molar-refractivity contribution >= 4 is 27.0 Å². The van der Waals surface area contributed by atoms with Gasteiger partial charge < -0.3 is 5.11 Å². The van der Waals surface area contributed by atoms with Crippen LogP contribution in [0.25, 0.3) is 11.0 Å². The van der Waals surface area contributed by atoms with Crippen LogP contribution in [-0.4, -0.2) is 45.5 Å². The molecule has 1 fully saturated rings. The first-order valence-corrected chi connectivity index (χ1v) is 9.50. The summed E-state index contributed by atoms with van der Waals surface area (Å²) >= 11 is 0. The molecule has 25 heavy (non-hydrogen) atoms. The van der Waals surface area contributed by atoms with Gasteiger partial charge in [0.05, 0.1) is 21.8 Å². The Morgan fingerprint density at radius 1 is 1.20 bits per heavy atom. The molecule has 1 saturated heterocycles. The van der Waals surface area contributed by atoms with Crippen LogP contribution >= 0.6 is 0 Å². The summed E-state index contributed by atoms with van der Waals surface area (Å²) in [5.74, 6) is -1.69. The summed E-state index contributed by atoms with van der Waals surface area (Å²) in [6.45, 7) is 1.92. The summed E-state index contributed by atoms with van der Waals surface area (Å²) in [7, 11) is -0.628. The fourth-order valence-electron chi connectivity index (χ4n) is 3.56. The lowest BCUT2D eigenvalue weighted by Gasteiger charge is -2.36. The third-order valence-electron chi connectivity index (χ3n) is 5.10. The number of carboxylic acids is 1. The second-order valence-corrected chi connectivity index (χ2v) is 8.39. The average molecular weight is 367 g/mol. The molecule has 1 aromatic heterocycles. The molecule has 1 aliphatic heterocycles. The molecule has 136 valence electrons. The molecule has 9 heteroatoms. The van der Waals surface area contributed by atoms with Gasteiger partial charge in [0.25, 0.3) is 0 Å². The normalized spacial score (nSPS) is 22.4. The maximum Gasteiger partial charge on any atom is 0.328 e. The number of benzene rings is 1. The number of nitrogens with zero attached hydrogens (tertiary/aromatic N) is 3. The molecule has 3 rings (SSSR count). The van der Waals surface area contributed by atoms with Crippen molar-refractivity contribution in [2.75, 3.05) is 6.54 Å². The summed E-state index contributed by atoms with van der Waals surface area (Å²) < 4.78 is 30.2. The predicted octanol–water partition coefficient (Wildman–Crippen LogP) is 0.751. The van der Waals surface area contributed by atoms with E-state index >= 15 is 0 Å². The lowest BCUT2D eigenvalue weighted by atomic mass is 9.92. The zero-order valence-corrected chi connectivity index (χ0v) is 15.2. The van der Waals surface area contributed by atoms with Crippen molar-refractivity contribution in [3.05, 3.63) is 28.7 Å². The number of piperidine rings is 1. The molecule has 1 aliphatic rings. The number of hydrogen-bond donors (Lipinski definition) is 1. The van der Waals surface area contributed by atoms with Gasteiger partial charge in [-0.25, -0.2) is 13.2 Å². The summed E-state index contributed by atoms with van der Waals surface area (Å²) in [5, 5.41) is 9.31. The number of rotatable bonds is 3. The molecule has 0 spiro atoms. The van der Waals surface area contributed by atoms with Crippen molar-refractivity contribution in [3.63, 3.8) is 0 Å². The van der Waals surface area contributed by atoms with Crippen LogP contribution in [0.15, 0.2) is 27.9 Å². The monoisotopic (exact) mass is 367 g/mol. The number of carbonyl (C=O) groups is 1. The summed E-state index contributed by atoms with van der Waals surface area (Å²) in [4.78, 5) is 23.5. The van der Waals surface area contributed by atoms with E-state index in [0.717, 1.165) is 0 Å². The molecular formula is C16H21N3O5S. The zero-order chi connectivity index (χ0) is 18.5. The topological polar surface area (TPSA) is 102 Å². The van der Waals surface area contributed by atoms with Crippen LogP contribution in [-0.2, 0) is 28.9 Å². The van der Waals surface area contributed by atoms with Gasteiger partial charge in [0, 0.05) is 26.7 Å². The van der Waals surface area contributed by atoms with Crippen LogP contribution in [0, 0.1) is 5.92 Å². The van der Waals surface area contributed by atoms with Gasteiger partial charge in [0.2, 0.25) is 10.0 Å². The van der Waals surface area contributed by atoms with Crippen LogP contribution in [0.1, 0.15) is 19.8 Å². The first-order chi connectivity index (χ1) is 11.7. The van der Waals surface area contributed by atoms with E-state index in [2.05, 4.69) is 0 Å². The van der Waals surface area contributed by atoms with Gasteiger partial charge in [-0.2, -0.15) is 4.31 Å². The van der Waals surface area contributed by atoms with E-state index in [4.69, 9.17) is 0 Å². The van der Waals surface area contributed by atoms with Crippen LogP contribution in [0.2, 0.25) is 0 Å². The Balaban J connectivity index is 2.08. The van der Waals surface area contributed by atoms with Crippen molar-refractivity contribution in [2.45, 2.75) is 30.7 Å².